The van der Waals surface area contributed by atoms with Gasteiger partial charge in [-0.25, -0.2) is 13.2 Å². The molecule has 1 aromatic carbocycles. The summed E-state index contributed by atoms with van der Waals surface area (Å²) < 4.78 is 38.2. The van der Waals surface area contributed by atoms with Crippen LogP contribution in [0.4, 0.5) is 13.2 Å². The zero-order chi connectivity index (χ0) is 9.30. The van der Waals surface area contributed by atoms with Crippen LogP contribution in [-0.2, 0) is 5.33 Å². The normalized spacial score (nSPS) is 10.4. The van der Waals surface area contributed by atoms with Crippen molar-refractivity contribution in [2.75, 3.05) is 0 Å². The summed E-state index contributed by atoms with van der Waals surface area (Å²) in [4.78, 5) is 0. The highest BCUT2D eigenvalue weighted by atomic mass is 79.9. The van der Waals surface area contributed by atoms with Crippen molar-refractivity contribution < 1.29 is 13.2 Å². The van der Waals surface area contributed by atoms with Gasteiger partial charge in [0, 0.05) is 10.9 Å². The molecule has 0 saturated carbocycles. The molecule has 0 heterocycles. The molecule has 0 aliphatic carbocycles. The third-order valence-electron chi connectivity index (χ3n) is 1.34. The average molecular weight is 259 g/mol. The van der Waals surface area contributed by atoms with E-state index in [0.29, 0.717) is 0 Å². The number of hydrogen-bond acceptors (Lipinski definition) is 0. The zero-order valence-electron chi connectivity index (χ0n) is 5.67. The Bertz CT molecular complexity index is 314. The van der Waals surface area contributed by atoms with Crippen LogP contribution in [-0.4, -0.2) is 0 Å². The quantitative estimate of drug-likeness (QED) is 0.410. The SMILES string of the molecule is Fc1cc(Cl)c(F)c(F)c1CBr. The standard InChI is InChI=1S/C7H3BrClF3/c8-2-3-5(10)1-4(9)7(12)6(3)11/h1H,2H2. The van der Waals surface area contributed by atoms with Crippen molar-refractivity contribution in [1.82, 2.24) is 0 Å². The fourth-order valence-electron chi connectivity index (χ4n) is 0.726. The summed E-state index contributed by atoms with van der Waals surface area (Å²) in [6, 6.07) is 0.747. The Morgan fingerprint density at radius 2 is 1.83 bits per heavy atom. The second kappa shape index (κ2) is 3.66. The molecule has 0 saturated heterocycles. The molecule has 0 aromatic heterocycles. The molecule has 5 heteroatoms. The molecule has 0 nitrogen and oxygen atoms in total. The van der Waals surface area contributed by atoms with Crippen molar-refractivity contribution in [3.05, 3.63) is 34.1 Å². The fourth-order valence-corrected chi connectivity index (χ4v) is 1.42. The van der Waals surface area contributed by atoms with Crippen molar-refractivity contribution in [2.45, 2.75) is 5.33 Å². The predicted molar refractivity (Wildman–Crippen MR) is 44.0 cm³/mol. The summed E-state index contributed by atoms with van der Waals surface area (Å²) in [5.41, 5.74) is -0.350. The minimum absolute atomic E-state index is 0.0846. The van der Waals surface area contributed by atoms with Crippen LogP contribution >= 0.6 is 27.5 Å². The maximum absolute atomic E-state index is 12.8. The van der Waals surface area contributed by atoms with Crippen molar-refractivity contribution >= 4 is 27.5 Å². The molecule has 0 unspecified atom stereocenters. The second-order valence-electron chi connectivity index (χ2n) is 2.08. The van der Waals surface area contributed by atoms with Crippen LogP contribution in [0.2, 0.25) is 5.02 Å². The van der Waals surface area contributed by atoms with Gasteiger partial charge in [0.1, 0.15) is 5.82 Å². The molecule has 66 valence electrons. The topological polar surface area (TPSA) is 0 Å². The van der Waals surface area contributed by atoms with Crippen molar-refractivity contribution in [2.24, 2.45) is 0 Å². The van der Waals surface area contributed by atoms with Crippen LogP contribution in [0.5, 0.6) is 0 Å². The van der Waals surface area contributed by atoms with Gasteiger partial charge in [0.2, 0.25) is 0 Å². The Balaban J connectivity index is 3.40. The first-order chi connectivity index (χ1) is 5.57. The number of benzene rings is 1. The van der Waals surface area contributed by atoms with Gasteiger partial charge in [0.15, 0.2) is 11.6 Å². The molecule has 0 bridgehead atoms. The number of rotatable bonds is 1. The highest BCUT2D eigenvalue weighted by Crippen LogP contribution is 2.24. The first-order valence-corrected chi connectivity index (χ1v) is 4.45. The van der Waals surface area contributed by atoms with Crippen LogP contribution in [0, 0.1) is 17.5 Å². The summed E-state index contributed by atoms with van der Waals surface area (Å²) in [7, 11) is 0. The summed E-state index contributed by atoms with van der Waals surface area (Å²) in [6.45, 7) is 0. The van der Waals surface area contributed by atoms with Crippen LogP contribution in [0.15, 0.2) is 6.07 Å². The largest absolute Gasteiger partial charge is 0.206 e. The van der Waals surface area contributed by atoms with Gasteiger partial charge in [-0.1, -0.05) is 27.5 Å². The van der Waals surface area contributed by atoms with E-state index < -0.39 is 22.5 Å². The van der Waals surface area contributed by atoms with Gasteiger partial charge in [-0.15, -0.1) is 0 Å². The Labute approximate surface area is 80.5 Å². The molecule has 1 aromatic rings. The lowest BCUT2D eigenvalue weighted by Crippen LogP contribution is -1.97. The Hall–Kier alpha value is -0.220. The monoisotopic (exact) mass is 258 g/mol. The molecular formula is C7H3BrClF3. The summed E-state index contributed by atoms with van der Waals surface area (Å²) >= 11 is 8.01. The van der Waals surface area contributed by atoms with Gasteiger partial charge in [0.25, 0.3) is 0 Å². The molecule has 0 aliphatic rings. The molecule has 0 atom stereocenters. The molecule has 12 heavy (non-hydrogen) atoms. The fraction of sp³-hybridized carbons (Fsp3) is 0.143. The van der Waals surface area contributed by atoms with E-state index in [2.05, 4.69) is 15.9 Å². The molecule has 1 rings (SSSR count). The van der Waals surface area contributed by atoms with Crippen LogP contribution in [0.3, 0.4) is 0 Å². The Morgan fingerprint density at radius 3 is 2.33 bits per heavy atom. The number of halogens is 5. The van der Waals surface area contributed by atoms with E-state index in [4.69, 9.17) is 11.6 Å². The molecule has 0 amide bonds. The van der Waals surface area contributed by atoms with Gasteiger partial charge in [-0.2, -0.15) is 0 Å². The lowest BCUT2D eigenvalue weighted by molar-refractivity contribution is 0.486. The maximum atomic E-state index is 12.8. The predicted octanol–water partition coefficient (Wildman–Crippen LogP) is 3.65. The first-order valence-electron chi connectivity index (χ1n) is 2.95. The average Bonchev–Trinajstić information content (AvgIpc) is 2.01. The van der Waals surface area contributed by atoms with Gasteiger partial charge in [-0.3, -0.25) is 0 Å². The van der Waals surface area contributed by atoms with Gasteiger partial charge >= 0.3 is 0 Å². The number of hydrogen-bond donors (Lipinski definition) is 0. The van der Waals surface area contributed by atoms with Crippen molar-refractivity contribution in [1.29, 1.82) is 0 Å². The van der Waals surface area contributed by atoms with E-state index in [-0.39, 0.29) is 10.9 Å². The highest BCUT2D eigenvalue weighted by Gasteiger charge is 2.16. The summed E-state index contributed by atoms with van der Waals surface area (Å²) in [5.74, 6) is -3.31. The third-order valence-corrected chi connectivity index (χ3v) is 2.18. The zero-order valence-corrected chi connectivity index (χ0v) is 8.02. The van der Waals surface area contributed by atoms with E-state index in [1.54, 1.807) is 0 Å². The van der Waals surface area contributed by atoms with Gasteiger partial charge < -0.3 is 0 Å². The smallest absolute Gasteiger partial charge is 0.177 e. The van der Waals surface area contributed by atoms with Gasteiger partial charge in [0.05, 0.1) is 5.02 Å². The van der Waals surface area contributed by atoms with E-state index in [1.165, 1.54) is 0 Å². The first kappa shape index (κ1) is 9.86. The van der Waals surface area contributed by atoms with Crippen LogP contribution in [0.1, 0.15) is 5.56 Å². The molecular weight excluding hydrogens is 256 g/mol. The van der Waals surface area contributed by atoms with E-state index >= 15 is 0 Å². The summed E-state index contributed by atoms with van der Waals surface area (Å²) in [5, 5.41) is -0.631. The van der Waals surface area contributed by atoms with E-state index in [0.717, 1.165) is 6.07 Å². The number of alkyl halides is 1. The molecule has 0 aliphatic heterocycles. The van der Waals surface area contributed by atoms with Crippen molar-refractivity contribution in [3.63, 3.8) is 0 Å². The third kappa shape index (κ3) is 1.59. The minimum Gasteiger partial charge on any atom is -0.206 e. The van der Waals surface area contributed by atoms with Crippen LogP contribution in [0.25, 0.3) is 0 Å². The molecule has 0 spiro atoms. The van der Waals surface area contributed by atoms with Crippen molar-refractivity contribution in [3.8, 4) is 0 Å². The second-order valence-corrected chi connectivity index (χ2v) is 3.05. The molecule has 0 fully saturated rings. The van der Waals surface area contributed by atoms with E-state index in [9.17, 15) is 13.2 Å². The highest BCUT2D eigenvalue weighted by molar-refractivity contribution is 9.08. The lowest BCUT2D eigenvalue weighted by Gasteiger charge is -2.02. The Kier molecular flexibility index (Phi) is 3.01. The van der Waals surface area contributed by atoms with Gasteiger partial charge in [-0.05, 0) is 6.07 Å². The minimum atomic E-state index is -1.24. The molecule has 0 N–H and O–H groups in total. The Morgan fingerprint density at radius 1 is 1.25 bits per heavy atom. The summed E-state index contributed by atoms with van der Waals surface area (Å²) in [6.07, 6.45) is 0. The van der Waals surface area contributed by atoms with E-state index in [1.807, 2.05) is 0 Å². The molecule has 0 radical (unpaired) electrons. The maximum Gasteiger partial charge on any atom is 0.177 e. The lowest BCUT2D eigenvalue weighted by atomic mass is 10.2. The van der Waals surface area contributed by atoms with Crippen LogP contribution < -0.4 is 0 Å².